The number of hydrogen-bond donors (Lipinski definition) is 1. The van der Waals surface area contributed by atoms with Crippen LogP contribution in [0.1, 0.15) is 36.8 Å². The third-order valence-electron chi connectivity index (χ3n) is 6.56. The van der Waals surface area contributed by atoms with Crippen LogP contribution in [0.3, 0.4) is 0 Å². The van der Waals surface area contributed by atoms with Gasteiger partial charge in [-0.3, -0.25) is 0 Å². The van der Waals surface area contributed by atoms with Crippen molar-refractivity contribution < 1.29 is 31.1 Å². The van der Waals surface area contributed by atoms with Gasteiger partial charge in [-0.2, -0.15) is 4.31 Å². The van der Waals surface area contributed by atoms with Gasteiger partial charge >= 0.3 is 0 Å². The van der Waals surface area contributed by atoms with Gasteiger partial charge in [0, 0.05) is 50.2 Å². The van der Waals surface area contributed by atoms with Crippen molar-refractivity contribution in [2.75, 3.05) is 32.1 Å². The van der Waals surface area contributed by atoms with Crippen LogP contribution >= 0.6 is 11.6 Å². The molecule has 2 aliphatic rings. The summed E-state index contributed by atoms with van der Waals surface area (Å²) in [5, 5.41) is 3.36. The van der Waals surface area contributed by atoms with Crippen molar-refractivity contribution in [3.63, 3.8) is 0 Å². The first-order valence-electron chi connectivity index (χ1n) is 11.4. The minimum atomic E-state index is -4.01. The molecule has 0 amide bonds. The molecule has 2 aromatic rings. The second-order valence-corrected chi connectivity index (χ2v) is 11.4. The molecule has 1 saturated carbocycles. The third kappa shape index (κ3) is 5.94. The number of anilines is 1. The summed E-state index contributed by atoms with van der Waals surface area (Å²) >= 11 is 6.15. The normalized spacial score (nSPS) is 20.1. The highest BCUT2D eigenvalue weighted by Gasteiger charge is 2.48. The highest BCUT2D eigenvalue weighted by molar-refractivity contribution is 7.89. The summed E-state index contributed by atoms with van der Waals surface area (Å²) in [5.74, 6) is -3.13. The Morgan fingerprint density at radius 1 is 1.14 bits per heavy atom. The lowest BCUT2D eigenvalue weighted by Gasteiger charge is -2.45. The van der Waals surface area contributed by atoms with Crippen LogP contribution < -0.4 is 5.32 Å². The Hall–Kier alpha value is -1.85. The summed E-state index contributed by atoms with van der Waals surface area (Å²) in [6.07, 6.45) is -0.455. The number of rotatable bonds is 7. The molecule has 2 fully saturated rings. The first kappa shape index (κ1) is 26.2. The average Bonchev–Trinajstić information content (AvgIpc) is 2.82. The van der Waals surface area contributed by atoms with E-state index >= 15 is 0 Å². The zero-order valence-electron chi connectivity index (χ0n) is 19.3. The first-order valence-corrected chi connectivity index (χ1v) is 13.2. The van der Waals surface area contributed by atoms with Crippen molar-refractivity contribution >= 4 is 27.3 Å². The van der Waals surface area contributed by atoms with Gasteiger partial charge in [0.05, 0.1) is 24.5 Å². The van der Waals surface area contributed by atoms with Gasteiger partial charge < -0.3 is 14.8 Å². The molecule has 35 heavy (non-hydrogen) atoms. The number of ether oxygens (including phenoxy) is 2. The molecule has 1 N–H and O–H groups in total. The van der Waals surface area contributed by atoms with Gasteiger partial charge in [-0.1, -0.05) is 17.7 Å². The smallest absolute Gasteiger partial charge is 0.248 e. The molecule has 4 rings (SSSR count). The summed E-state index contributed by atoms with van der Waals surface area (Å²) < 4.78 is 80.8. The Kier molecular flexibility index (Phi) is 7.68. The van der Waals surface area contributed by atoms with E-state index in [1.807, 2.05) is 0 Å². The van der Waals surface area contributed by atoms with Gasteiger partial charge in [-0.05, 0) is 48.7 Å². The van der Waals surface area contributed by atoms with Crippen LogP contribution in [-0.2, 0) is 32.6 Å². The number of alkyl halides is 2. The number of nitrogens with one attached hydrogen (secondary N) is 1. The van der Waals surface area contributed by atoms with E-state index < -0.39 is 21.5 Å². The van der Waals surface area contributed by atoms with Gasteiger partial charge in [-0.25, -0.2) is 21.6 Å². The van der Waals surface area contributed by atoms with E-state index in [9.17, 15) is 21.6 Å². The lowest BCUT2D eigenvalue weighted by molar-refractivity contribution is -0.154. The Morgan fingerprint density at radius 3 is 2.60 bits per heavy atom. The molecule has 0 bridgehead atoms. The molecule has 0 radical (unpaired) electrons. The molecule has 1 aliphatic heterocycles. The van der Waals surface area contributed by atoms with Crippen LogP contribution in [0, 0.1) is 5.82 Å². The molecule has 1 spiro atoms. The number of benzene rings is 2. The van der Waals surface area contributed by atoms with Gasteiger partial charge in [0.2, 0.25) is 15.9 Å². The van der Waals surface area contributed by atoms with E-state index in [0.29, 0.717) is 11.3 Å². The molecule has 2 aromatic carbocycles. The number of sulfonamides is 1. The summed E-state index contributed by atoms with van der Waals surface area (Å²) in [6, 6.07) is 9.12. The Balaban J connectivity index is 1.55. The van der Waals surface area contributed by atoms with E-state index in [2.05, 4.69) is 5.32 Å². The summed E-state index contributed by atoms with van der Waals surface area (Å²) in [4.78, 5) is -0.0117. The van der Waals surface area contributed by atoms with E-state index in [1.54, 1.807) is 24.3 Å². The predicted molar refractivity (Wildman–Crippen MR) is 127 cm³/mol. The zero-order chi connectivity index (χ0) is 25.3. The minimum Gasteiger partial charge on any atom is -0.380 e. The lowest BCUT2D eigenvalue weighted by Crippen LogP contribution is -2.56. The molecular weight excluding hydrogens is 505 g/mol. The van der Waals surface area contributed by atoms with Crippen molar-refractivity contribution in [3.05, 3.63) is 58.4 Å². The number of nitrogens with zero attached hydrogens (tertiary/aromatic N) is 1. The molecule has 1 aliphatic carbocycles. The Bertz CT molecular complexity index is 1170. The van der Waals surface area contributed by atoms with Crippen molar-refractivity contribution in [3.8, 4) is 0 Å². The molecule has 0 atom stereocenters. The fourth-order valence-electron chi connectivity index (χ4n) is 4.59. The predicted octanol–water partition coefficient (Wildman–Crippen LogP) is 5.21. The standard InChI is InChI=1S/C24H28ClF3N2O4S/c1-33-15-18-12-17(2-4-20(18)26)14-29-21-5-3-19(25)13-22(21)35(31,32)30-10-11-34-23(16-30)6-8-24(27,28)9-7-23/h2-5,12-13,29H,6-11,14-16H2,1H3. The van der Waals surface area contributed by atoms with Crippen molar-refractivity contribution in [1.29, 1.82) is 0 Å². The molecule has 0 aromatic heterocycles. The molecular formula is C24H28ClF3N2O4S. The summed E-state index contributed by atoms with van der Waals surface area (Å²) in [7, 11) is -2.53. The molecule has 1 saturated heterocycles. The lowest BCUT2D eigenvalue weighted by atomic mass is 9.82. The molecule has 0 unspecified atom stereocenters. The summed E-state index contributed by atoms with van der Waals surface area (Å²) in [5.41, 5.74) is 0.561. The van der Waals surface area contributed by atoms with Crippen LogP contribution in [-0.4, -0.2) is 51.1 Å². The highest BCUT2D eigenvalue weighted by Crippen LogP contribution is 2.43. The molecule has 6 nitrogen and oxygen atoms in total. The van der Waals surface area contributed by atoms with Gasteiger partial charge in [0.1, 0.15) is 10.7 Å². The van der Waals surface area contributed by atoms with Crippen LogP contribution in [0.5, 0.6) is 0 Å². The maximum atomic E-state index is 13.9. The van der Waals surface area contributed by atoms with Crippen molar-refractivity contribution in [1.82, 2.24) is 4.31 Å². The van der Waals surface area contributed by atoms with Gasteiger partial charge in [0.25, 0.3) is 0 Å². The van der Waals surface area contributed by atoms with Gasteiger partial charge in [-0.15, -0.1) is 0 Å². The topological polar surface area (TPSA) is 67.9 Å². The minimum absolute atomic E-state index is 0.00963. The number of halogens is 4. The van der Waals surface area contributed by atoms with E-state index in [-0.39, 0.29) is 74.3 Å². The molecule has 11 heteroatoms. The second kappa shape index (κ2) is 10.3. The van der Waals surface area contributed by atoms with E-state index in [4.69, 9.17) is 21.1 Å². The van der Waals surface area contributed by atoms with Crippen LogP contribution in [0.15, 0.2) is 41.3 Å². The number of morpholine rings is 1. The van der Waals surface area contributed by atoms with Crippen molar-refractivity contribution in [2.24, 2.45) is 0 Å². The van der Waals surface area contributed by atoms with Crippen LogP contribution in [0.25, 0.3) is 0 Å². The second-order valence-electron chi connectivity index (χ2n) is 9.08. The SMILES string of the molecule is COCc1cc(CNc2ccc(Cl)cc2S(=O)(=O)N2CCOC3(CCC(F)(F)CC3)C2)ccc1F. The zero-order valence-corrected chi connectivity index (χ0v) is 20.9. The largest absolute Gasteiger partial charge is 0.380 e. The summed E-state index contributed by atoms with van der Waals surface area (Å²) in [6.45, 7) is 0.612. The van der Waals surface area contributed by atoms with Gasteiger partial charge in [0.15, 0.2) is 0 Å². The maximum absolute atomic E-state index is 13.9. The van der Waals surface area contributed by atoms with Crippen molar-refractivity contribution in [2.45, 2.75) is 55.3 Å². The maximum Gasteiger partial charge on any atom is 0.248 e. The van der Waals surface area contributed by atoms with Crippen LogP contribution in [0.2, 0.25) is 5.02 Å². The first-order chi connectivity index (χ1) is 16.5. The quantitative estimate of drug-likeness (QED) is 0.530. The fraction of sp³-hybridized carbons (Fsp3) is 0.500. The van der Waals surface area contributed by atoms with E-state index in [0.717, 1.165) is 5.56 Å². The van der Waals surface area contributed by atoms with Crippen LogP contribution in [0.4, 0.5) is 18.9 Å². The number of hydrogen-bond acceptors (Lipinski definition) is 5. The number of methoxy groups -OCH3 is 1. The monoisotopic (exact) mass is 532 g/mol. The Labute approximate surface area is 208 Å². The average molecular weight is 533 g/mol. The Morgan fingerprint density at radius 2 is 1.89 bits per heavy atom. The molecule has 192 valence electrons. The highest BCUT2D eigenvalue weighted by atomic mass is 35.5. The molecule has 1 heterocycles. The van der Waals surface area contributed by atoms with E-state index in [1.165, 1.54) is 23.5 Å². The third-order valence-corrected chi connectivity index (χ3v) is 8.68. The fourth-order valence-corrected chi connectivity index (χ4v) is 6.51.